The molecule has 2 N–H and O–H groups in total. The number of carboxylic acid groups (broad SMARTS) is 1. The smallest absolute Gasteiger partial charge is 0.418 e. The summed E-state index contributed by atoms with van der Waals surface area (Å²) >= 11 is 0. The van der Waals surface area contributed by atoms with Crippen LogP contribution in [0.5, 0.6) is 0 Å². The molecule has 1 amide bonds. The molecular formula is C14H10F3NO2. The van der Waals surface area contributed by atoms with Crippen molar-refractivity contribution in [2.45, 2.75) is 6.18 Å². The van der Waals surface area contributed by atoms with Crippen LogP contribution in [0.4, 0.5) is 23.7 Å². The third kappa shape index (κ3) is 2.90. The molecule has 0 aliphatic carbocycles. The minimum absolute atomic E-state index is 0.183. The fraction of sp³-hybridized carbons (Fsp3) is 0.0714. The van der Waals surface area contributed by atoms with Gasteiger partial charge >= 0.3 is 12.3 Å². The van der Waals surface area contributed by atoms with Gasteiger partial charge in [0.25, 0.3) is 0 Å². The number of nitrogens with one attached hydrogen (secondary N) is 1. The number of hydrogen-bond acceptors (Lipinski definition) is 1. The lowest BCUT2D eigenvalue weighted by Gasteiger charge is -2.16. The van der Waals surface area contributed by atoms with E-state index in [-0.39, 0.29) is 5.56 Å². The van der Waals surface area contributed by atoms with E-state index in [0.29, 0.717) is 5.56 Å². The average molecular weight is 281 g/mol. The van der Waals surface area contributed by atoms with Crippen LogP contribution in [0, 0.1) is 0 Å². The van der Waals surface area contributed by atoms with Crippen molar-refractivity contribution in [2.75, 3.05) is 5.32 Å². The second kappa shape index (κ2) is 5.24. The molecule has 2 aromatic carbocycles. The number of alkyl halides is 3. The Morgan fingerprint density at radius 2 is 1.65 bits per heavy atom. The van der Waals surface area contributed by atoms with Crippen molar-refractivity contribution in [3.05, 3.63) is 54.1 Å². The van der Waals surface area contributed by atoms with Crippen LogP contribution in [-0.2, 0) is 6.18 Å². The van der Waals surface area contributed by atoms with Gasteiger partial charge in [-0.1, -0.05) is 42.5 Å². The van der Waals surface area contributed by atoms with Crippen LogP contribution in [0.2, 0.25) is 0 Å². The fourth-order valence-corrected chi connectivity index (χ4v) is 1.89. The van der Waals surface area contributed by atoms with Gasteiger partial charge in [0.1, 0.15) is 0 Å². The van der Waals surface area contributed by atoms with Gasteiger partial charge in [-0.2, -0.15) is 13.2 Å². The summed E-state index contributed by atoms with van der Waals surface area (Å²) in [6.07, 6.45) is -6.18. The molecule has 0 atom stereocenters. The minimum atomic E-state index is -4.64. The number of hydrogen-bond donors (Lipinski definition) is 2. The van der Waals surface area contributed by atoms with Gasteiger partial charge in [-0.15, -0.1) is 0 Å². The summed E-state index contributed by atoms with van der Waals surface area (Å²) in [4.78, 5) is 10.8. The lowest BCUT2D eigenvalue weighted by atomic mass is 9.99. The van der Waals surface area contributed by atoms with E-state index in [1.54, 1.807) is 30.3 Å². The first-order valence-electron chi connectivity index (χ1n) is 5.65. The zero-order chi connectivity index (χ0) is 14.8. The molecule has 0 fully saturated rings. The first-order chi connectivity index (χ1) is 9.39. The molecule has 104 valence electrons. The Kier molecular flexibility index (Phi) is 3.65. The monoisotopic (exact) mass is 281 g/mol. The molecular weight excluding hydrogens is 271 g/mol. The molecule has 2 rings (SSSR count). The summed E-state index contributed by atoms with van der Waals surface area (Å²) in [6, 6.07) is 11.8. The van der Waals surface area contributed by atoms with Crippen LogP contribution in [0.1, 0.15) is 5.56 Å². The molecule has 0 heterocycles. The summed E-state index contributed by atoms with van der Waals surface area (Å²) in [6.45, 7) is 0. The number of rotatable bonds is 2. The summed E-state index contributed by atoms with van der Waals surface area (Å²) in [5, 5.41) is 10.6. The molecule has 3 nitrogen and oxygen atoms in total. The predicted octanol–water partition coefficient (Wildman–Crippen LogP) is 4.46. The molecule has 20 heavy (non-hydrogen) atoms. The Morgan fingerprint density at radius 3 is 2.20 bits per heavy atom. The standard InChI is InChI=1S/C14H10F3NO2/c15-14(16,17)11-8-4-7-10(12(11)18-13(19)20)9-5-2-1-3-6-9/h1-8,18H,(H,19,20). The van der Waals surface area contributed by atoms with Crippen LogP contribution in [-0.4, -0.2) is 11.2 Å². The van der Waals surface area contributed by atoms with Crippen molar-refractivity contribution in [2.24, 2.45) is 0 Å². The summed E-state index contributed by atoms with van der Waals surface area (Å²) < 4.78 is 38.9. The molecule has 0 aromatic heterocycles. The zero-order valence-corrected chi connectivity index (χ0v) is 10.1. The van der Waals surface area contributed by atoms with Gasteiger partial charge in [0.15, 0.2) is 0 Å². The van der Waals surface area contributed by atoms with E-state index in [1.807, 2.05) is 5.32 Å². The minimum Gasteiger partial charge on any atom is -0.465 e. The SMILES string of the molecule is O=C(O)Nc1c(-c2ccccc2)cccc1C(F)(F)F. The number of carbonyl (C=O) groups is 1. The van der Waals surface area contributed by atoms with Crippen LogP contribution < -0.4 is 5.32 Å². The Balaban J connectivity index is 2.65. The highest BCUT2D eigenvalue weighted by atomic mass is 19.4. The highest BCUT2D eigenvalue weighted by molar-refractivity contribution is 5.92. The molecule has 0 aliphatic rings. The van der Waals surface area contributed by atoms with Gasteiger partial charge in [0.05, 0.1) is 11.3 Å². The van der Waals surface area contributed by atoms with Crippen molar-refractivity contribution in [1.29, 1.82) is 0 Å². The van der Waals surface area contributed by atoms with E-state index in [0.717, 1.165) is 6.07 Å². The topological polar surface area (TPSA) is 49.3 Å². The van der Waals surface area contributed by atoms with E-state index < -0.39 is 23.5 Å². The predicted molar refractivity (Wildman–Crippen MR) is 68.5 cm³/mol. The van der Waals surface area contributed by atoms with Crippen LogP contribution >= 0.6 is 0 Å². The quantitative estimate of drug-likeness (QED) is 0.853. The van der Waals surface area contributed by atoms with E-state index in [4.69, 9.17) is 5.11 Å². The van der Waals surface area contributed by atoms with Gasteiger partial charge < -0.3 is 5.11 Å². The van der Waals surface area contributed by atoms with Crippen molar-refractivity contribution in [3.63, 3.8) is 0 Å². The van der Waals surface area contributed by atoms with E-state index >= 15 is 0 Å². The second-order valence-corrected chi connectivity index (χ2v) is 4.02. The first-order valence-corrected chi connectivity index (χ1v) is 5.65. The molecule has 0 aliphatic heterocycles. The van der Waals surface area contributed by atoms with Gasteiger partial charge in [0.2, 0.25) is 0 Å². The molecule has 6 heteroatoms. The average Bonchev–Trinajstić information content (AvgIpc) is 2.38. The molecule has 0 bridgehead atoms. The Labute approximate surface area is 112 Å². The number of anilines is 1. The molecule has 0 saturated carbocycles. The molecule has 0 unspecified atom stereocenters. The number of para-hydroxylation sites is 1. The number of halogens is 3. The third-order valence-corrected chi connectivity index (χ3v) is 2.69. The van der Waals surface area contributed by atoms with Gasteiger partial charge in [0, 0.05) is 5.56 Å². The highest BCUT2D eigenvalue weighted by Gasteiger charge is 2.35. The summed E-state index contributed by atoms with van der Waals surface area (Å²) in [5.74, 6) is 0. The zero-order valence-electron chi connectivity index (χ0n) is 10.1. The maximum atomic E-state index is 13.0. The normalized spacial score (nSPS) is 11.2. The second-order valence-electron chi connectivity index (χ2n) is 4.02. The Morgan fingerprint density at radius 1 is 1.00 bits per heavy atom. The van der Waals surface area contributed by atoms with E-state index in [9.17, 15) is 18.0 Å². The van der Waals surface area contributed by atoms with Crippen molar-refractivity contribution in [3.8, 4) is 11.1 Å². The number of amides is 1. The van der Waals surface area contributed by atoms with Crippen molar-refractivity contribution < 1.29 is 23.1 Å². The van der Waals surface area contributed by atoms with Crippen molar-refractivity contribution in [1.82, 2.24) is 0 Å². The van der Waals surface area contributed by atoms with Crippen LogP contribution in [0.3, 0.4) is 0 Å². The number of benzene rings is 2. The van der Waals surface area contributed by atoms with Crippen LogP contribution in [0.15, 0.2) is 48.5 Å². The first kappa shape index (κ1) is 13.9. The van der Waals surface area contributed by atoms with Gasteiger partial charge in [-0.25, -0.2) is 4.79 Å². The Bertz CT molecular complexity index is 624. The largest absolute Gasteiger partial charge is 0.465 e. The molecule has 0 saturated heterocycles. The van der Waals surface area contributed by atoms with Gasteiger partial charge in [-0.05, 0) is 11.6 Å². The fourth-order valence-electron chi connectivity index (χ4n) is 1.89. The van der Waals surface area contributed by atoms with Gasteiger partial charge in [-0.3, -0.25) is 5.32 Å². The van der Waals surface area contributed by atoms with Crippen LogP contribution in [0.25, 0.3) is 11.1 Å². The van der Waals surface area contributed by atoms with E-state index in [1.165, 1.54) is 12.1 Å². The summed E-state index contributed by atoms with van der Waals surface area (Å²) in [7, 11) is 0. The molecule has 0 spiro atoms. The Hall–Kier alpha value is -2.50. The maximum Gasteiger partial charge on any atom is 0.418 e. The van der Waals surface area contributed by atoms with Crippen molar-refractivity contribution >= 4 is 11.8 Å². The molecule has 2 aromatic rings. The highest BCUT2D eigenvalue weighted by Crippen LogP contribution is 2.40. The molecule has 0 radical (unpaired) electrons. The maximum absolute atomic E-state index is 13.0. The lowest BCUT2D eigenvalue weighted by Crippen LogP contribution is -2.15. The third-order valence-electron chi connectivity index (χ3n) is 2.69. The summed E-state index contributed by atoms with van der Waals surface area (Å²) in [5.41, 5.74) is -0.787. The van der Waals surface area contributed by atoms with E-state index in [2.05, 4.69) is 0 Å². The lowest BCUT2D eigenvalue weighted by molar-refractivity contribution is -0.136.